The van der Waals surface area contributed by atoms with E-state index in [-0.39, 0.29) is 24.2 Å². The van der Waals surface area contributed by atoms with E-state index in [9.17, 15) is 9.59 Å². The van der Waals surface area contributed by atoms with Crippen LogP contribution in [-0.4, -0.2) is 34.0 Å². The first-order valence-corrected chi connectivity index (χ1v) is 12.3. The number of anilines is 1. The molecule has 0 spiro atoms. The highest BCUT2D eigenvalue weighted by molar-refractivity contribution is 5.83. The topological polar surface area (TPSA) is 104 Å². The summed E-state index contributed by atoms with van der Waals surface area (Å²) < 4.78 is 27.9. The molecule has 1 aliphatic heterocycles. The predicted octanol–water partition coefficient (Wildman–Crippen LogP) is 4.20. The molecule has 9 heteroatoms. The van der Waals surface area contributed by atoms with Crippen molar-refractivity contribution in [2.45, 2.75) is 32.4 Å². The van der Waals surface area contributed by atoms with Gasteiger partial charge in [-0.25, -0.2) is 0 Å². The first kappa shape index (κ1) is 25.3. The van der Waals surface area contributed by atoms with E-state index in [0.717, 1.165) is 22.3 Å². The van der Waals surface area contributed by atoms with Gasteiger partial charge in [0.05, 0.1) is 33.1 Å². The van der Waals surface area contributed by atoms with Gasteiger partial charge in [0.25, 0.3) is 0 Å². The van der Waals surface area contributed by atoms with Crippen LogP contribution in [0.15, 0.2) is 47.3 Å². The Balaban J connectivity index is 1.61. The molecular formula is C29H30N2O7. The Morgan fingerprint density at radius 3 is 2.50 bits per heavy atom. The molecule has 0 fully saturated rings. The number of fused-ring (bicyclic) bond motifs is 4. The molecule has 2 N–H and O–H groups in total. The summed E-state index contributed by atoms with van der Waals surface area (Å²) in [6.45, 7) is 2.10. The van der Waals surface area contributed by atoms with E-state index in [1.54, 1.807) is 33.5 Å². The summed E-state index contributed by atoms with van der Waals surface area (Å²) in [7, 11) is 4.72. The van der Waals surface area contributed by atoms with Crippen LogP contribution in [0.4, 0.5) is 5.69 Å². The first-order valence-electron chi connectivity index (χ1n) is 12.3. The Bertz CT molecular complexity index is 1450. The van der Waals surface area contributed by atoms with Gasteiger partial charge in [0.2, 0.25) is 23.9 Å². The molecule has 5 rings (SSSR count). The summed E-state index contributed by atoms with van der Waals surface area (Å²) in [6, 6.07) is 12.5. The van der Waals surface area contributed by atoms with Crippen LogP contribution in [-0.2, 0) is 17.8 Å². The maximum atomic E-state index is 13.4. The lowest BCUT2D eigenvalue weighted by molar-refractivity contribution is -0.119. The van der Waals surface area contributed by atoms with Gasteiger partial charge in [-0.1, -0.05) is 12.1 Å². The number of hydrogen-bond acceptors (Lipinski definition) is 8. The number of rotatable bonds is 7. The zero-order chi connectivity index (χ0) is 26.8. The molecule has 3 aromatic rings. The number of benzene rings is 2. The number of hydrogen-bond donors (Lipinski definition) is 2. The maximum Gasteiger partial charge on any atom is 0.231 e. The molecule has 1 heterocycles. The molecule has 0 aromatic heterocycles. The van der Waals surface area contributed by atoms with E-state index in [1.165, 1.54) is 6.92 Å². The third-order valence-corrected chi connectivity index (χ3v) is 6.84. The highest BCUT2D eigenvalue weighted by atomic mass is 16.7. The second-order valence-electron chi connectivity index (χ2n) is 9.14. The number of carbonyl (C=O) groups excluding carboxylic acids is 1. The van der Waals surface area contributed by atoms with Gasteiger partial charge in [-0.2, -0.15) is 0 Å². The SMILES string of the molecule is COc1cc2c(c(OC)c1OC)-c1ccc(NCc3ccc4c(c3)OCO4)c(=O)cc1[C@H](NC(C)=O)CC2. The van der Waals surface area contributed by atoms with Gasteiger partial charge in [-0.05, 0) is 65.4 Å². The van der Waals surface area contributed by atoms with Gasteiger partial charge >= 0.3 is 0 Å². The second-order valence-corrected chi connectivity index (χ2v) is 9.14. The summed E-state index contributed by atoms with van der Waals surface area (Å²) in [6.07, 6.45) is 1.24. The molecule has 0 radical (unpaired) electrons. The van der Waals surface area contributed by atoms with Gasteiger partial charge in [0, 0.05) is 19.0 Å². The van der Waals surface area contributed by atoms with Crippen LogP contribution in [0.5, 0.6) is 28.7 Å². The van der Waals surface area contributed by atoms with Crippen molar-refractivity contribution in [3.63, 3.8) is 0 Å². The van der Waals surface area contributed by atoms with Gasteiger partial charge in [-0.15, -0.1) is 0 Å². The Morgan fingerprint density at radius 2 is 1.76 bits per heavy atom. The van der Waals surface area contributed by atoms with Crippen LogP contribution in [0.2, 0.25) is 0 Å². The molecule has 3 aromatic carbocycles. The van der Waals surface area contributed by atoms with Crippen molar-refractivity contribution >= 4 is 11.6 Å². The third kappa shape index (κ3) is 4.67. The van der Waals surface area contributed by atoms with E-state index in [2.05, 4.69) is 10.6 Å². The standard InChI is InChI=1S/C29H30N2O7/c1-16(32)31-21-8-6-18-12-26(34-2)28(35-3)29(36-4)27(18)19-7-9-22(23(33)13-20(19)21)30-14-17-5-10-24-25(11-17)38-15-37-24/h5,7,9-13,21H,6,8,14-15H2,1-4H3,(H,30,33)(H,31,32)/t21-/m1/s1. The van der Waals surface area contributed by atoms with Crippen LogP contribution in [0.25, 0.3) is 11.1 Å². The fourth-order valence-corrected chi connectivity index (χ4v) is 5.10. The van der Waals surface area contributed by atoms with Crippen molar-refractivity contribution in [1.29, 1.82) is 0 Å². The fraction of sp³-hybridized carbons (Fsp3) is 0.310. The average Bonchev–Trinajstić information content (AvgIpc) is 3.26. The van der Waals surface area contributed by atoms with Gasteiger partial charge < -0.3 is 34.3 Å². The van der Waals surface area contributed by atoms with E-state index in [1.807, 2.05) is 30.3 Å². The number of amides is 1. The monoisotopic (exact) mass is 518 g/mol. The highest BCUT2D eigenvalue weighted by Gasteiger charge is 2.29. The second kappa shape index (κ2) is 10.5. The van der Waals surface area contributed by atoms with Crippen molar-refractivity contribution in [2.24, 2.45) is 0 Å². The number of carbonyl (C=O) groups is 1. The van der Waals surface area contributed by atoms with Crippen molar-refractivity contribution in [2.75, 3.05) is 33.4 Å². The molecule has 1 amide bonds. The first-order chi connectivity index (χ1) is 18.4. The van der Waals surface area contributed by atoms with Gasteiger partial charge in [0.15, 0.2) is 23.0 Å². The molecule has 9 nitrogen and oxygen atoms in total. The summed E-state index contributed by atoms with van der Waals surface area (Å²) >= 11 is 0. The lowest BCUT2D eigenvalue weighted by Crippen LogP contribution is -2.26. The van der Waals surface area contributed by atoms with Crippen LogP contribution >= 0.6 is 0 Å². The molecule has 2 aliphatic rings. The van der Waals surface area contributed by atoms with Crippen molar-refractivity contribution in [1.82, 2.24) is 5.32 Å². The number of ether oxygens (including phenoxy) is 5. The highest BCUT2D eigenvalue weighted by Crippen LogP contribution is 2.50. The van der Waals surface area contributed by atoms with Crippen LogP contribution in [0.3, 0.4) is 0 Å². The zero-order valence-electron chi connectivity index (χ0n) is 21.8. The number of nitrogens with one attached hydrogen (secondary N) is 2. The van der Waals surface area contributed by atoms with E-state index in [0.29, 0.717) is 59.4 Å². The summed E-state index contributed by atoms with van der Waals surface area (Å²) in [5.74, 6) is 2.75. The Morgan fingerprint density at radius 1 is 0.974 bits per heavy atom. The van der Waals surface area contributed by atoms with Gasteiger partial charge in [-0.3, -0.25) is 9.59 Å². The maximum absolute atomic E-state index is 13.4. The Hall–Kier alpha value is -4.40. The minimum atomic E-state index is -0.363. The molecular weight excluding hydrogens is 488 g/mol. The van der Waals surface area contributed by atoms with E-state index >= 15 is 0 Å². The fourth-order valence-electron chi connectivity index (χ4n) is 5.10. The predicted molar refractivity (Wildman–Crippen MR) is 143 cm³/mol. The summed E-state index contributed by atoms with van der Waals surface area (Å²) in [5, 5.41) is 6.28. The molecule has 198 valence electrons. The van der Waals surface area contributed by atoms with Crippen LogP contribution < -0.4 is 39.7 Å². The molecule has 0 saturated carbocycles. The van der Waals surface area contributed by atoms with E-state index < -0.39 is 0 Å². The molecule has 1 aliphatic carbocycles. The van der Waals surface area contributed by atoms with E-state index in [4.69, 9.17) is 23.7 Å². The van der Waals surface area contributed by atoms with Crippen LogP contribution in [0, 0.1) is 0 Å². The molecule has 0 unspecified atom stereocenters. The van der Waals surface area contributed by atoms with Gasteiger partial charge in [0.1, 0.15) is 0 Å². The Kier molecular flexibility index (Phi) is 7.00. The average molecular weight is 519 g/mol. The molecule has 38 heavy (non-hydrogen) atoms. The molecule has 0 bridgehead atoms. The lowest BCUT2D eigenvalue weighted by atomic mass is 9.95. The number of methoxy groups -OCH3 is 3. The largest absolute Gasteiger partial charge is 0.493 e. The minimum absolute atomic E-state index is 0.172. The molecule has 0 saturated heterocycles. The van der Waals surface area contributed by atoms with Crippen molar-refractivity contribution < 1.29 is 28.5 Å². The lowest BCUT2D eigenvalue weighted by Gasteiger charge is -2.19. The summed E-state index contributed by atoms with van der Waals surface area (Å²) in [5.41, 5.74) is 4.46. The van der Waals surface area contributed by atoms with Crippen LogP contribution in [0.1, 0.15) is 36.1 Å². The minimum Gasteiger partial charge on any atom is -0.493 e. The Labute approximate surface area is 220 Å². The normalized spacial score (nSPS) is 15.0. The summed E-state index contributed by atoms with van der Waals surface area (Å²) in [4.78, 5) is 25.6. The van der Waals surface area contributed by atoms with Crippen molar-refractivity contribution in [3.8, 4) is 39.9 Å². The zero-order valence-corrected chi connectivity index (χ0v) is 21.8. The van der Waals surface area contributed by atoms with Crippen molar-refractivity contribution in [3.05, 3.63) is 69.4 Å². The number of aryl methyl sites for hydroxylation is 1. The third-order valence-electron chi connectivity index (χ3n) is 6.84. The molecule has 1 atom stereocenters. The quantitative estimate of drug-likeness (QED) is 0.480. The smallest absolute Gasteiger partial charge is 0.231 e.